The van der Waals surface area contributed by atoms with Crippen LogP contribution in [-0.2, 0) is 4.79 Å². The fourth-order valence-electron chi connectivity index (χ4n) is 2.73. The molecule has 2 rings (SSSR count). The Balaban J connectivity index is 1.90. The monoisotopic (exact) mass is 318 g/mol. The Kier molecular flexibility index (Phi) is 5.29. The summed E-state index contributed by atoms with van der Waals surface area (Å²) in [5, 5.41) is 3.02. The fraction of sp³-hybridized carbons (Fsp3) is 0.556. The van der Waals surface area contributed by atoms with Gasteiger partial charge in [-0.3, -0.25) is 9.59 Å². The maximum atomic E-state index is 12.5. The number of amides is 2. The average Bonchev–Trinajstić information content (AvgIpc) is 2.53. The molecule has 1 aliphatic heterocycles. The molecule has 0 saturated carbocycles. The van der Waals surface area contributed by atoms with Gasteiger partial charge in [0.25, 0.3) is 5.91 Å². The second-order valence-electron chi connectivity index (χ2n) is 7.03. The average molecular weight is 318 g/mol. The normalized spacial score (nSPS) is 16.1. The van der Waals surface area contributed by atoms with Crippen LogP contribution in [0.15, 0.2) is 24.3 Å². The molecule has 0 bridgehead atoms. The third kappa shape index (κ3) is 4.71. The highest BCUT2D eigenvalue weighted by Gasteiger charge is 2.29. The van der Waals surface area contributed by atoms with Gasteiger partial charge in [0.15, 0.2) is 0 Å². The van der Waals surface area contributed by atoms with Crippen molar-refractivity contribution in [1.82, 2.24) is 10.2 Å². The Morgan fingerprint density at radius 2 is 1.70 bits per heavy atom. The molecule has 0 spiro atoms. The molecule has 5 nitrogen and oxygen atoms in total. The van der Waals surface area contributed by atoms with Crippen molar-refractivity contribution in [3.05, 3.63) is 29.8 Å². The molecule has 1 aromatic carbocycles. The number of carbonyl (C=O) groups excluding carboxylic acids is 2. The predicted molar refractivity (Wildman–Crippen MR) is 89.5 cm³/mol. The van der Waals surface area contributed by atoms with Gasteiger partial charge in [-0.2, -0.15) is 0 Å². The lowest BCUT2D eigenvalue weighted by molar-refractivity contribution is -0.127. The van der Waals surface area contributed by atoms with E-state index in [4.69, 9.17) is 4.74 Å². The van der Waals surface area contributed by atoms with Crippen LogP contribution < -0.4 is 10.1 Å². The van der Waals surface area contributed by atoms with Crippen LogP contribution in [0.1, 0.15) is 44.0 Å². The number of nitrogens with zero attached hydrogens (tertiary/aromatic N) is 1. The summed E-state index contributed by atoms with van der Waals surface area (Å²) in [4.78, 5) is 26.5. The summed E-state index contributed by atoms with van der Waals surface area (Å²) in [6, 6.07) is 7.13. The number of nitrogens with one attached hydrogen (secondary N) is 1. The lowest BCUT2D eigenvalue weighted by atomic mass is 9.94. The molecular weight excluding hydrogens is 292 g/mol. The van der Waals surface area contributed by atoms with Crippen LogP contribution in [0.25, 0.3) is 0 Å². The number of likely N-dealkylation sites (tertiary alicyclic amines) is 1. The Labute approximate surface area is 138 Å². The van der Waals surface area contributed by atoms with Crippen molar-refractivity contribution in [2.45, 2.75) is 39.2 Å². The van der Waals surface area contributed by atoms with Crippen LogP contribution >= 0.6 is 0 Å². The standard InChI is InChI=1S/C18H26N2O3/c1-18(2,3)19-16(21)13-9-11-20(12-10-13)17(22)14-5-7-15(23-4)8-6-14/h5-8,13H,9-12H2,1-4H3,(H,19,21). The number of benzene rings is 1. The van der Waals surface area contributed by atoms with Gasteiger partial charge in [0.05, 0.1) is 7.11 Å². The Morgan fingerprint density at radius 3 is 2.17 bits per heavy atom. The summed E-state index contributed by atoms with van der Waals surface area (Å²) in [7, 11) is 1.60. The van der Waals surface area contributed by atoms with Crippen LogP contribution in [0.4, 0.5) is 0 Å². The van der Waals surface area contributed by atoms with E-state index in [9.17, 15) is 9.59 Å². The van der Waals surface area contributed by atoms with Gasteiger partial charge in [-0.1, -0.05) is 0 Å². The van der Waals surface area contributed by atoms with Crippen molar-refractivity contribution < 1.29 is 14.3 Å². The van der Waals surface area contributed by atoms with Crippen molar-refractivity contribution in [3.63, 3.8) is 0 Å². The maximum Gasteiger partial charge on any atom is 0.253 e. The van der Waals surface area contributed by atoms with Crippen LogP contribution in [-0.4, -0.2) is 42.5 Å². The molecule has 1 aromatic rings. The van der Waals surface area contributed by atoms with E-state index in [1.807, 2.05) is 25.7 Å². The lowest BCUT2D eigenvalue weighted by Gasteiger charge is -2.33. The van der Waals surface area contributed by atoms with Crippen molar-refractivity contribution in [3.8, 4) is 5.75 Å². The Hall–Kier alpha value is -2.04. The molecule has 0 atom stereocenters. The van der Waals surface area contributed by atoms with E-state index >= 15 is 0 Å². The number of piperidine rings is 1. The van der Waals surface area contributed by atoms with Crippen molar-refractivity contribution in [2.24, 2.45) is 5.92 Å². The van der Waals surface area contributed by atoms with Gasteiger partial charge in [0.2, 0.25) is 5.91 Å². The van der Waals surface area contributed by atoms with E-state index < -0.39 is 0 Å². The summed E-state index contributed by atoms with van der Waals surface area (Å²) < 4.78 is 5.11. The van der Waals surface area contributed by atoms with E-state index in [0.29, 0.717) is 31.5 Å². The van der Waals surface area contributed by atoms with E-state index in [1.165, 1.54) is 0 Å². The SMILES string of the molecule is COc1ccc(C(=O)N2CCC(C(=O)NC(C)(C)C)CC2)cc1. The minimum Gasteiger partial charge on any atom is -0.497 e. The van der Waals surface area contributed by atoms with Gasteiger partial charge in [0, 0.05) is 30.1 Å². The third-order valence-electron chi connectivity index (χ3n) is 3.99. The first-order valence-corrected chi connectivity index (χ1v) is 8.05. The number of hydrogen-bond acceptors (Lipinski definition) is 3. The Morgan fingerprint density at radius 1 is 1.13 bits per heavy atom. The summed E-state index contributed by atoms with van der Waals surface area (Å²) in [5.41, 5.74) is 0.441. The summed E-state index contributed by atoms with van der Waals surface area (Å²) >= 11 is 0. The third-order valence-corrected chi connectivity index (χ3v) is 3.99. The minimum atomic E-state index is -0.215. The van der Waals surface area contributed by atoms with Crippen molar-refractivity contribution in [2.75, 3.05) is 20.2 Å². The number of hydrogen-bond donors (Lipinski definition) is 1. The van der Waals surface area contributed by atoms with Crippen LogP contribution in [0.5, 0.6) is 5.75 Å². The van der Waals surface area contributed by atoms with Crippen LogP contribution in [0, 0.1) is 5.92 Å². The molecule has 5 heteroatoms. The van der Waals surface area contributed by atoms with E-state index in [1.54, 1.807) is 31.4 Å². The molecule has 1 fully saturated rings. The van der Waals surface area contributed by atoms with E-state index in [-0.39, 0.29) is 23.3 Å². The van der Waals surface area contributed by atoms with Gasteiger partial charge in [0.1, 0.15) is 5.75 Å². The molecular formula is C18H26N2O3. The molecule has 2 amide bonds. The zero-order valence-electron chi connectivity index (χ0n) is 14.4. The van der Waals surface area contributed by atoms with E-state index in [2.05, 4.69) is 5.32 Å². The molecule has 0 aliphatic carbocycles. The molecule has 0 aromatic heterocycles. The van der Waals surface area contributed by atoms with Gasteiger partial charge in [-0.25, -0.2) is 0 Å². The van der Waals surface area contributed by atoms with Crippen LogP contribution in [0.3, 0.4) is 0 Å². The molecule has 0 unspecified atom stereocenters. The smallest absolute Gasteiger partial charge is 0.253 e. The lowest BCUT2D eigenvalue weighted by Crippen LogP contribution is -2.47. The zero-order valence-corrected chi connectivity index (χ0v) is 14.4. The molecule has 0 radical (unpaired) electrons. The number of ether oxygens (including phenoxy) is 1. The van der Waals surface area contributed by atoms with Crippen molar-refractivity contribution >= 4 is 11.8 Å². The first kappa shape index (κ1) is 17.3. The Bertz CT molecular complexity index is 553. The predicted octanol–water partition coefficient (Wildman–Crippen LogP) is 2.46. The molecule has 1 aliphatic rings. The molecule has 23 heavy (non-hydrogen) atoms. The maximum absolute atomic E-state index is 12.5. The second-order valence-corrected chi connectivity index (χ2v) is 7.03. The van der Waals surface area contributed by atoms with Gasteiger partial charge < -0.3 is 15.0 Å². The van der Waals surface area contributed by atoms with E-state index in [0.717, 1.165) is 5.75 Å². The highest BCUT2D eigenvalue weighted by atomic mass is 16.5. The summed E-state index contributed by atoms with van der Waals surface area (Å²) in [6.45, 7) is 7.17. The minimum absolute atomic E-state index is 0.00542. The summed E-state index contributed by atoms with van der Waals surface area (Å²) in [6.07, 6.45) is 1.42. The molecule has 1 heterocycles. The first-order chi connectivity index (χ1) is 10.8. The highest BCUT2D eigenvalue weighted by Crippen LogP contribution is 2.21. The number of methoxy groups -OCH3 is 1. The molecule has 126 valence electrons. The topological polar surface area (TPSA) is 58.6 Å². The number of rotatable bonds is 3. The molecule has 1 N–H and O–H groups in total. The molecule has 1 saturated heterocycles. The number of carbonyl (C=O) groups is 2. The quantitative estimate of drug-likeness (QED) is 0.931. The van der Waals surface area contributed by atoms with Crippen molar-refractivity contribution in [1.29, 1.82) is 0 Å². The van der Waals surface area contributed by atoms with Gasteiger partial charge in [-0.15, -0.1) is 0 Å². The highest BCUT2D eigenvalue weighted by molar-refractivity contribution is 5.94. The first-order valence-electron chi connectivity index (χ1n) is 8.05. The largest absolute Gasteiger partial charge is 0.497 e. The van der Waals surface area contributed by atoms with Crippen LogP contribution in [0.2, 0.25) is 0 Å². The van der Waals surface area contributed by atoms with Gasteiger partial charge >= 0.3 is 0 Å². The zero-order chi connectivity index (χ0) is 17.0. The fourth-order valence-corrected chi connectivity index (χ4v) is 2.73. The summed E-state index contributed by atoms with van der Waals surface area (Å²) in [5.74, 6) is 0.838. The second kappa shape index (κ2) is 7.02. The van der Waals surface area contributed by atoms with Gasteiger partial charge in [-0.05, 0) is 57.9 Å².